The number of carbonyl (C=O) groups is 2. The van der Waals surface area contributed by atoms with Gasteiger partial charge in [0.15, 0.2) is 0 Å². The maximum absolute atomic E-state index is 13.1. The van der Waals surface area contributed by atoms with E-state index in [-0.39, 0.29) is 22.9 Å². The van der Waals surface area contributed by atoms with Crippen LogP contribution in [0, 0.1) is 0 Å². The Morgan fingerprint density at radius 1 is 0.969 bits per heavy atom. The highest BCUT2D eigenvalue weighted by atomic mass is 35.5. The second-order valence-electron chi connectivity index (χ2n) is 8.20. The van der Waals surface area contributed by atoms with Crippen molar-refractivity contribution in [3.63, 3.8) is 0 Å². The molecule has 170 valence electrons. The van der Waals surface area contributed by atoms with Crippen LogP contribution in [0.5, 0.6) is 0 Å². The lowest BCUT2D eigenvalue weighted by Gasteiger charge is -2.30. The first-order chi connectivity index (χ1) is 15.5. The molecule has 6 nitrogen and oxygen atoms in total. The molecule has 0 radical (unpaired) electrons. The Bertz CT molecular complexity index is 986. The molecule has 2 saturated heterocycles. The molecule has 0 saturated carbocycles. The number of anilines is 2. The summed E-state index contributed by atoms with van der Waals surface area (Å²) in [5, 5.41) is 6.59. The number of rotatable bonds is 6. The van der Waals surface area contributed by atoms with Gasteiger partial charge >= 0.3 is 0 Å². The van der Waals surface area contributed by atoms with Crippen LogP contribution in [0.25, 0.3) is 0 Å². The largest absolute Gasteiger partial charge is 0.376 e. The van der Waals surface area contributed by atoms with Gasteiger partial charge in [0.05, 0.1) is 22.3 Å². The summed E-state index contributed by atoms with van der Waals surface area (Å²) in [6, 6.07) is 10.2. The number of halogens is 2. The van der Waals surface area contributed by atoms with Gasteiger partial charge in [-0.1, -0.05) is 23.2 Å². The molecule has 2 fully saturated rings. The molecule has 0 aliphatic carbocycles. The van der Waals surface area contributed by atoms with Gasteiger partial charge in [-0.2, -0.15) is 0 Å². The zero-order valence-corrected chi connectivity index (χ0v) is 19.3. The van der Waals surface area contributed by atoms with Gasteiger partial charge in [0.1, 0.15) is 0 Å². The van der Waals surface area contributed by atoms with Crippen molar-refractivity contribution in [1.29, 1.82) is 0 Å². The van der Waals surface area contributed by atoms with E-state index in [1.54, 1.807) is 18.2 Å². The monoisotopic (exact) mass is 475 g/mol. The third-order valence-electron chi connectivity index (χ3n) is 5.89. The molecule has 2 aliphatic rings. The summed E-state index contributed by atoms with van der Waals surface area (Å²) in [7, 11) is 0. The van der Waals surface area contributed by atoms with Crippen molar-refractivity contribution in [2.75, 3.05) is 36.5 Å². The van der Waals surface area contributed by atoms with Crippen LogP contribution in [0.1, 0.15) is 52.8 Å². The molecule has 2 heterocycles. The average molecular weight is 476 g/mol. The molecule has 0 spiro atoms. The number of piperidine rings is 1. The second kappa shape index (κ2) is 10.6. The topological polar surface area (TPSA) is 70.7 Å². The first-order valence-electron chi connectivity index (χ1n) is 11.1. The number of nitrogens with zero attached hydrogens (tertiary/aromatic N) is 1. The molecule has 0 aromatic heterocycles. The average Bonchev–Trinajstić information content (AvgIpc) is 3.31. The first kappa shape index (κ1) is 22.9. The highest BCUT2D eigenvalue weighted by Crippen LogP contribution is 2.28. The van der Waals surface area contributed by atoms with Gasteiger partial charge in [0.25, 0.3) is 11.8 Å². The summed E-state index contributed by atoms with van der Waals surface area (Å²) in [6.45, 7) is 3.06. The molecule has 1 unspecified atom stereocenters. The van der Waals surface area contributed by atoms with Crippen LogP contribution >= 0.6 is 23.2 Å². The maximum Gasteiger partial charge on any atom is 0.257 e. The minimum absolute atomic E-state index is 0.0623. The number of carbonyl (C=O) groups excluding carboxylic acids is 2. The van der Waals surface area contributed by atoms with E-state index in [9.17, 15) is 9.59 Å². The van der Waals surface area contributed by atoms with Crippen LogP contribution in [0.2, 0.25) is 10.0 Å². The predicted octanol–water partition coefficient (Wildman–Crippen LogP) is 5.14. The van der Waals surface area contributed by atoms with E-state index in [0.717, 1.165) is 51.1 Å². The fourth-order valence-corrected chi connectivity index (χ4v) is 4.68. The second-order valence-corrected chi connectivity index (χ2v) is 9.05. The minimum atomic E-state index is -0.358. The van der Waals surface area contributed by atoms with Gasteiger partial charge in [-0.05, 0) is 68.5 Å². The van der Waals surface area contributed by atoms with Crippen LogP contribution in [-0.4, -0.2) is 44.2 Å². The fourth-order valence-electron chi connectivity index (χ4n) is 4.19. The molecule has 2 aromatic carbocycles. The van der Waals surface area contributed by atoms with Crippen molar-refractivity contribution in [3.8, 4) is 0 Å². The summed E-state index contributed by atoms with van der Waals surface area (Å²) in [5.74, 6) is -0.523. The third-order valence-corrected chi connectivity index (χ3v) is 6.43. The van der Waals surface area contributed by atoms with E-state index in [1.165, 1.54) is 12.5 Å². The Morgan fingerprint density at radius 3 is 2.50 bits per heavy atom. The van der Waals surface area contributed by atoms with E-state index >= 15 is 0 Å². The fraction of sp³-hybridized carbons (Fsp3) is 0.417. The number of nitrogens with one attached hydrogen (secondary N) is 2. The Balaban J connectivity index is 1.55. The zero-order chi connectivity index (χ0) is 22.5. The lowest BCUT2D eigenvalue weighted by atomic mass is 10.1. The molecule has 0 bridgehead atoms. The summed E-state index contributed by atoms with van der Waals surface area (Å²) in [4.78, 5) is 28.1. The van der Waals surface area contributed by atoms with Crippen molar-refractivity contribution in [2.45, 2.75) is 38.2 Å². The Labute approximate surface area is 198 Å². The molecular formula is C24H27Cl2N3O3. The molecule has 2 aromatic rings. The molecule has 32 heavy (non-hydrogen) atoms. The minimum Gasteiger partial charge on any atom is -0.376 e. The Hall–Kier alpha value is -2.28. The van der Waals surface area contributed by atoms with Crippen molar-refractivity contribution in [3.05, 3.63) is 57.6 Å². The van der Waals surface area contributed by atoms with Crippen LogP contribution in [-0.2, 0) is 4.74 Å². The number of ether oxygens (including phenoxy) is 1. The van der Waals surface area contributed by atoms with Crippen LogP contribution < -0.4 is 15.5 Å². The van der Waals surface area contributed by atoms with Crippen LogP contribution in [0.3, 0.4) is 0 Å². The van der Waals surface area contributed by atoms with Gasteiger partial charge in [-0.25, -0.2) is 0 Å². The zero-order valence-electron chi connectivity index (χ0n) is 17.8. The molecule has 2 aliphatic heterocycles. The van der Waals surface area contributed by atoms with Crippen molar-refractivity contribution in [2.24, 2.45) is 0 Å². The summed E-state index contributed by atoms with van der Waals surface area (Å²) in [6.07, 6.45) is 5.44. The van der Waals surface area contributed by atoms with Gasteiger partial charge in [0, 0.05) is 42.6 Å². The van der Waals surface area contributed by atoms with Crippen LogP contribution in [0.4, 0.5) is 11.4 Å². The number of benzene rings is 2. The number of hydrogen-bond acceptors (Lipinski definition) is 4. The molecule has 1 atom stereocenters. The van der Waals surface area contributed by atoms with Gasteiger partial charge < -0.3 is 20.3 Å². The lowest BCUT2D eigenvalue weighted by Crippen LogP contribution is -2.35. The van der Waals surface area contributed by atoms with E-state index in [0.29, 0.717) is 28.4 Å². The Morgan fingerprint density at radius 2 is 1.78 bits per heavy atom. The van der Waals surface area contributed by atoms with Crippen LogP contribution in [0.15, 0.2) is 36.4 Å². The van der Waals surface area contributed by atoms with Gasteiger partial charge in [-0.15, -0.1) is 0 Å². The summed E-state index contributed by atoms with van der Waals surface area (Å²) < 4.78 is 5.63. The summed E-state index contributed by atoms with van der Waals surface area (Å²) >= 11 is 12.1. The number of amides is 2. The van der Waals surface area contributed by atoms with Crippen molar-refractivity contribution >= 4 is 46.4 Å². The lowest BCUT2D eigenvalue weighted by molar-refractivity contribution is 0.0858. The predicted molar refractivity (Wildman–Crippen MR) is 128 cm³/mol. The molecule has 2 N–H and O–H groups in total. The first-order valence-corrected chi connectivity index (χ1v) is 11.8. The SMILES string of the molecule is O=C(Nc1ccc(N2CCCCC2)c(C(=O)NCC2CCCO2)c1)c1ccc(Cl)cc1Cl. The van der Waals surface area contributed by atoms with E-state index < -0.39 is 0 Å². The highest BCUT2D eigenvalue weighted by Gasteiger charge is 2.22. The Kier molecular flexibility index (Phi) is 7.55. The van der Waals surface area contributed by atoms with E-state index in [1.807, 2.05) is 12.1 Å². The van der Waals surface area contributed by atoms with Gasteiger partial charge in [-0.3, -0.25) is 9.59 Å². The quantitative estimate of drug-likeness (QED) is 0.606. The maximum atomic E-state index is 13.1. The highest BCUT2D eigenvalue weighted by molar-refractivity contribution is 6.37. The van der Waals surface area contributed by atoms with Crippen molar-refractivity contribution < 1.29 is 14.3 Å². The van der Waals surface area contributed by atoms with Gasteiger partial charge in [0.2, 0.25) is 0 Å². The van der Waals surface area contributed by atoms with Crippen molar-refractivity contribution in [1.82, 2.24) is 5.32 Å². The normalized spacial score (nSPS) is 18.4. The standard InChI is InChI=1S/C24H27Cl2N3O3/c25-16-6-8-19(21(26)13-16)24(31)28-17-7-9-22(29-10-2-1-3-11-29)20(14-17)23(30)27-15-18-5-4-12-32-18/h6-9,13-14,18H,1-5,10-12,15H2,(H,27,30)(H,28,31). The smallest absolute Gasteiger partial charge is 0.257 e. The molecule has 4 rings (SSSR count). The third kappa shape index (κ3) is 5.55. The summed E-state index contributed by atoms with van der Waals surface area (Å²) in [5.41, 5.74) is 2.28. The van der Waals surface area contributed by atoms with E-state index in [2.05, 4.69) is 15.5 Å². The van der Waals surface area contributed by atoms with E-state index in [4.69, 9.17) is 27.9 Å². The molecule has 8 heteroatoms. The number of hydrogen-bond donors (Lipinski definition) is 2. The molecule has 2 amide bonds. The molecular weight excluding hydrogens is 449 g/mol.